The lowest BCUT2D eigenvalue weighted by Crippen LogP contribution is -2.39. The molecule has 24 heavy (non-hydrogen) atoms. The van der Waals surface area contributed by atoms with Gasteiger partial charge in [0.05, 0.1) is 11.1 Å². The molecule has 2 saturated heterocycles. The van der Waals surface area contributed by atoms with Crippen LogP contribution in [0.15, 0.2) is 30.3 Å². The van der Waals surface area contributed by atoms with E-state index in [4.69, 9.17) is 4.98 Å². The molecule has 3 heterocycles. The van der Waals surface area contributed by atoms with Gasteiger partial charge in [-0.05, 0) is 37.9 Å². The van der Waals surface area contributed by atoms with Crippen LogP contribution in [0.5, 0.6) is 0 Å². The largest absolute Gasteiger partial charge is 0.356 e. The predicted molar refractivity (Wildman–Crippen MR) is 96.6 cm³/mol. The minimum absolute atomic E-state index is 0.0869. The van der Waals surface area contributed by atoms with E-state index in [9.17, 15) is 4.79 Å². The Balaban J connectivity index is 1.76. The van der Waals surface area contributed by atoms with Crippen molar-refractivity contribution in [2.75, 3.05) is 38.1 Å². The Labute approximate surface area is 142 Å². The monoisotopic (exact) mass is 324 g/mol. The van der Waals surface area contributed by atoms with Crippen LogP contribution in [0.3, 0.4) is 0 Å². The van der Waals surface area contributed by atoms with E-state index in [2.05, 4.69) is 10.2 Å². The minimum atomic E-state index is 0.0869. The molecule has 5 nitrogen and oxygen atoms in total. The summed E-state index contributed by atoms with van der Waals surface area (Å²) in [5, 5.41) is 4.37. The van der Waals surface area contributed by atoms with Gasteiger partial charge < -0.3 is 15.1 Å². The van der Waals surface area contributed by atoms with Crippen LogP contribution in [0.1, 0.15) is 29.6 Å². The Morgan fingerprint density at radius 1 is 1.29 bits per heavy atom. The standard InChI is InChI=1S/C19H24N4O/c1-22(15-8-9-20-13-15)19(24)16-12-14-6-2-3-7-17(14)21-18(16)23-10-4-5-11-23/h2-3,6-7,12,15,20H,4-5,8-11,13H2,1H3/t15-/m1/s1. The molecule has 0 unspecified atom stereocenters. The van der Waals surface area contributed by atoms with E-state index in [0.29, 0.717) is 0 Å². The maximum absolute atomic E-state index is 13.2. The Kier molecular flexibility index (Phi) is 4.10. The summed E-state index contributed by atoms with van der Waals surface area (Å²) in [6.07, 6.45) is 3.36. The molecule has 2 aliphatic heterocycles. The Morgan fingerprint density at radius 3 is 2.83 bits per heavy atom. The first-order valence-electron chi connectivity index (χ1n) is 8.86. The second-order valence-electron chi connectivity index (χ2n) is 6.81. The van der Waals surface area contributed by atoms with Crippen LogP contribution in [0, 0.1) is 0 Å². The normalized spacial score (nSPS) is 20.7. The van der Waals surface area contributed by atoms with Gasteiger partial charge in [0, 0.05) is 38.1 Å². The van der Waals surface area contributed by atoms with Crippen molar-refractivity contribution in [3.63, 3.8) is 0 Å². The van der Waals surface area contributed by atoms with Crippen LogP contribution in [0.25, 0.3) is 10.9 Å². The van der Waals surface area contributed by atoms with Gasteiger partial charge in [-0.2, -0.15) is 0 Å². The molecule has 2 aromatic rings. The first-order valence-corrected chi connectivity index (χ1v) is 8.86. The third-order valence-electron chi connectivity index (χ3n) is 5.24. The number of carbonyl (C=O) groups is 1. The van der Waals surface area contributed by atoms with Crippen molar-refractivity contribution in [2.24, 2.45) is 0 Å². The first kappa shape index (κ1) is 15.4. The number of hydrogen-bond donors (Lipinski definition) is 1. The lowest BCUT2D eigenvalue weighted by molar-refractivity contribution is 0.0744. The van der Waals surface area contributed by atoms with Crippen molar-refractivity contribution < 1.29 is 4.79 Å². The second kappa shape index (κ2) is 6.40. The molecule has 4 rings (SSSR count). The summed E-state index contributed by atoms with van der Waals surface area (Å²) in [7, 11) is 1.92. The first-order chi connectivity index (χ1) is 11.7. The molecule has 0 saturated carbocycles. The van der Waals surface area contributed by atoms with E-state index in [1.54, 1.807) is 0 Å². The number of anilines is 1. The molecular weight excluding hydrogens is 300 g/mol. The molecule has 0 radical (unpaired) electrons. The van der Waals surface area contributed by atoms with E-state index in [0.717, 1.165) is 54.9 Å². The average Bonchev–Trinajstić information content (AvgIpc) is 3.32. The van der Waals surface area contributed by atoms with Crippen molar-refractivity contribution in [3.05, 3.63) is 35.9 Å². The number of carbonyl (C=O) groups excluding carboxylic acids is 1. The number of hydrogen-bond acceptors (Lipinski definition) is 4. The van der Waals surface area contributed by atoms with Crippen LogP contribution >= 0.6 is 0 Å². The highest BCUT2D eigenvalue weighted by Crippen LogP contribution is 2.28. The van der Waals surface area contributed by atoms with Gasteiger partial charge in [0.2, 0.25) is 0 Å². The maximum Gasteiger partial charge on any atom is 0.257 e. The zero-order chi connectivity index (χ0) is 16.5. The van der Waals surface area contributed by atoms with Gasteiger partial charge in [0.1, 0.15) is 5.82 Å². The smallest absolute Gasteiger partial charge is 0.257 e. The summed E-state index contributed by atoms with van der Waals surface area (Å²) >= 11 is 0. The molecule has 0 aliphatic carbocycles. The zero-order valence-corrected chi connectivity index (χ0v) is 14.2. The molecular formula is C19H24N4O. The molecule has 0 spiro atoms. The fourth-order valence-electron chi connectivity index (χ4n) is 3.76. The minimum Gasteiger partial charge on any atom is -0.356 e. The zero-order valence-electron chi connectivity index (χ0n) is 14.2. The number of amides is 1. The molecule has 2 fully saturated rings. The highest BCUT2D eigenvalue weighted by Gasteiger charge is 2.28. The molecule has 5 heteroatoms. The predicted octanol–water partition coefficient (Wildman–Crippen LogP) is 2.27. The van der Waals surface area contributed by atoms with Gasteiger partial charge in [-0.15, -0.1) is 0 Å². The fourth-order valence-corrected chi connectivity index (χ4v) is 3.76. The van der Waals surface area contributed by atoms with E-state index < -0.39 is 0 Å². The van der Waals surface area contributed by atoms with Gasteiger partial charge in [0.15, 0.2) is 0 Å². The number of rotatable bonds is 3. The van der Waals surface area contributed by atoms with Crippen molar-refractivity contribution >= 4 is 22.6 Å². The summed E-state index contributed by atoms with van der Waals surface area (Å²) < 4.78 is 0. The Hall–Kier alpha value is -2.14. The third kappa shape index (κ3) is 2.73. The molecule has 1 atom stereocenters. The van der Waals surface area contributed by atoms with Crippen LogP contribution in [0.4, 0.5) is 5.82 Å². The molecule has 2 aliphatic rings. The van der Waals surface area contributed by atoms with Gasteiger partial charge in [0.25, 0.3) is 5.91 Å². The van der Waals surface area contributed by atoms with Crippen LogP contribution < -0.4 is 10.2 Å². The second-order valence-corrected chi connectivity index (χ2v) is 6.81. The van der Waals surface area contributed by atoms with Crippen molar-refractivity contribution in [2.45, 2.75) is 25.3 Å². The van der Waals surface area contributed by atoms with Gasteiger partial charge in [-0.1, -0.05) is 18.2 Å². The van der Waals surface area contributed by atoms with Crippen molar-refractivity contribution in [1.29, 1.82) is 0 Å². The van der Waals surface area contributed by atoms with Gasteiger partial charge >= 0.3 is 0 Å². The molecule has 0 bridgehead atoms. The van der Waals surface area contributed by atoms with Crippen molar-refractivity contribution in [1.82, 2.24) is 15.2 Å². The summed E-state index contributed by atoms with van der Waals surface area (Å²) in [4.78, 5) is 22.2. The highest BCUT2D eigenvalue weighted by atomic mass is 16.2. The number of aromatic nitrogens is 1. The summed E-state index contributed by atoms with van der Waals surface area (Å²) in [5.74, 6) is 0.942. The summed E-state index contributed by atoms with van der Waals surface area (Å²) in [5.41, 5.74) is 1.70. The maximum atomic E-state index is 13.2. The van der Waals surface area contributed by atoms with Crippen LogP contribution in [-0.4, -0.2) is 55.1 Å². The van der Waals surface area contributed by atoms with Crippen molar-refractivity contribution in [3.8, 4) is 0 Å². The quantitative estimate of drug-likeness (QED) is 0.941. The number of nitrogens with one attached hydrogen (secondary N) is 1. The molecule has 126 valence electrons. The van der Waals surface area contributed by atoms with Gasteiger partial charge in [-0.3, -0.25) is 4.79 Å². The summed E-state index contributed by atoms with van der Waals surface area (Å²) in [6.45, 7) is 3.83. The number of para-hydroxylation sites is 1. The van der Waals surface area contributed by atoms with E-state index in [1.807, 2.05) is 42.3 Å². The third-order valence-corrected chi connectivity index (χ3v) is 5.24. The molecule has 1 amide bonds. The number of likely N-dealkylation sites (N-methyl/N-ethyl adjacent to an activating group) is 1. The van der Waals surface area contributed by atoms with Gasteiger partial charge in [-0.25, -0.2) is 4.98 Å². The van der Waals surface area contributed by atoms with Crippen LogP contribution in [-0.2, 0) is 0 Å². The Morgan fingerprint density at radius 2 is 2.08 bits per heavy atom. The Bertz CT molecular complexity index is 748. The number of nitrogens with zero attached hydrogens (tertiary/aromatic N) is 3. The lowest BCUT2D eigenvalue weighted by Gasteiger charge is -2.27. The molecule has 1 N–H and O–H groups in total. The topological polar surface area (TPSA) is 48.5 Å². The molecule has 1 aromatic carbocycles. The van der Waals surface area contributed by atoms with E-state index in [1.165, 1.54) is 12.8 Å². The lowest BCUT2D eigenvalue weighted by atomic mass is 10.1. The summed E-state index contributed by atoms with van der Waals surface area (Å²) in [6, 6.07) is 10.4. The van der Waals surface area contributed by atoms with E-state index in [-0.39, 0.29) is 11.9 Å². The number of fused-ring (bicyclic) bond motifs is 1. The molecule has 1 aromatic heterocycles. The fraction of sp³-hybridized carbons (Fsp3) is 0.474. The number of pyridine rings is 1. The number of benzene rings is 1. The van der Waals surface area contributed by atoms with E-state index >= 15 is 0 Å². The average molecular weight is 324 g/mol. The SMILES string of the molecule is CN(C(=O)c1cc2ccccc2nc1N1CCCC1)[C@@H]1CCNC1. The highest BCUT2D eigenvalue weighted by molar-refractivity contribution is 6.02. The van der Waals surface area contributed by atoms with Crippen LogP contribution in [0.2, 0.25) is 0 Å².